The van der Waals surface area contributed by atoms with Gasteiger partial charge in [0.25, 0.3) is 5.91 Å². The van der Waals surface area contributed by atoms with Crippen LogP contribution in [0.5, 0.6) is 5.75 Å². The highest BCUT2D eigenvalue weighted by molar-refractivity contribution is 5.94. The lowest BCUT2D eigenvalue weighted by Gasteiger charge is -2.12. The van der Waals surface area contributed by atoms with E-state index >= 15 is 0 Å². The fourth-order valence-electron chi connectivity index (χ4n) is 3.19. The molecule has 1 aromatic heterocycles. The molecule has 5 heteroatoms. The number of fused-ring (bicyclic) bond motifs is 1. The molecule has 0 aliphatic carbocycles. The summed E-state index contributed by atoms with van der Waals surface area (Å²) in [6, 6.07) is 24.1. The topological polar surface area (TPSA) is 68.5 Å². The predicted octanol–water partition coefficient (Wildman–Crippen LogP) is 4.79. The summed E-state index contributed by atoms with van der Waals surface area (Å²) in [5.41, 5.74) is 3.32. The van der Waals surface area contributed by atoms with Crippen molar-refractivity contribution >= 4 is 22.6 Å². The maximum atomic E-state index is 12.4. The highest BCUT2D eigenvalue weighted by Crippen LogP contribution is 2.29. The lowest BCUT2D eigenvalue weighted by molar-refractivity contribution is -0.118. The Kier molecular flexibility index (Phi) is 5.12. The van der Waals surface area contributed by atoms with Crippen LogP contribution in [0, 0.1) is 6.92 Å². The Labute approximate surface area is 167 Å². The lowest BCUT2D eigenvalue weighted by atomic mass is 10.1. The Balaban J connectivity index is 1.48. The Hall–Kier alpha value is -3.86. The second-order valence-electron chi connectivity index (χ2n) is 6.66. The van der Waals surface area contributed by atoms with E-state index < -0.39 is 5.63 Å². The van der Waals surface area contributed by atoms with Crippen molar-refractivity contribution in [3.05, 3.63) is 94.8 Å². The molecule has 3 aromatic carbocycles. The van der Waals surface area contributed by atoms with Crippen LogP contribution < -0.4 is 15.7 Å². The average Bonchev–Trinajstić information content (AvgIpc) is 2.73. The van der Waals surface area contributed by atoms with Crippen molar-refractivity contribution in [3.63, 3.8) is 0 Å². The van der Waals surface area contributed by atoms with Crippen molar-refractivity contribution in [3.8, 4) is 16.9 Å². The zero-order valence-corrected chi connectivity index (χ0v) is 15.8. The molecule has 1 heterocycles. The minimum absolute atomic E-state index is 0.139. The number of hydrogen-bond donors (Lipinski definition) is 1. The first-order chi connectivity index (χ1) is 14.1. The van der Waals surface area contributed by atoms with Gasteiger partial charge in [0.2, 0.25) is 0 Å². The van der Waals surface area contributed by atoms with E-state index in [4.69, 9.17) is 9.15 Å². The van der Waals surface area contributed by atoms with Crippen molar-refractivity contribution < 1.29 is 13.9 Å². The van der Waals surface area contributed by atoms with E-state index in [1.807, 2.05) is 67.6 Å². The molecule has 0 bridgehead atoms. The van der Waals surface area contributed by atoms with Crippen molar-refractivity contribution in [2.75, 3.05) is 11.9 Å². The second kappa shape index (κ2) is 8.02. The van der Waals surface area contributed by atoms with Gasteiger partial charge in [-0.25, -0.2) is 4.79 Å². The maximum Gasteiger partial charge on any atom is 0.336 e. The number of para-hydroxylation sites is 1. The van der Waals surface area contributed by atoms with Crippen LogP contribution >= 0.6 is 0 Å². The number of amides is 1. The third-order valence-electron chi connectivity index (χ3n) is 4.57. The van der Waals surface area contributed by atoms with Gasteiger partial charge in [-0.05, 0) is 36.2 Å². The van der Waals surface area contributed by atoms with E-state index in [0.717, 1.165) is 22.1 Å². The summed E-state index contributed by atoms with van der Waals surface area (Å²) in [6.45, 7) is 1.70. The van der Waals surface area contributed by atoms with Crippen LogP contribution in [0.1, 0.15) is 5.56 Å². The summed E-state index contributed by atoms with van der Waals surface area (Å²) in [4.78, 5) is 23.9. The van der Waals surface area contributed by atoms with Gasteiger partial charge < -0.3 is 14.5 Å². The fraction of sp³-hybridized carbons (Fsp3) is 0.0833. The third kappa shape index (κ3) is 4.19. The molecule has 0 saturated heterocycles. The van der Waals surface area contributed by atoms with Gasteiger partial charge in [0.1, 0.15) is 11.3 Å². The molecule has 4 aromatic rings. The average molecular weight is 385 g/mol. The van der Waals surface area contributed by atoms with Crippen LogP contribution in [0.25, 0.3) is 22.1 Å². The Morgan fingerprint density at radius 3 is 2.55 bits per heavy atom. The second-order valence-corrected chi connectivity index (χ2v) is 6.66. The molecular weight excluding hydrogens is 366 g/mol. The van der Waals surface area contributed by atoms with Gasteiger partial charge in [0.15, 0.2) is 6.61 Å². The molecule has 0 unspecified atom stereocenters. The van der Waals surface area contributed by atoms with E-state index in [9.17, 15) is 9.59 Å². The van der Waals surface area contributed by atoms with Crippen LogP contribution in [-0.2, 0) is 4.79 Å². The number of ether oxygens (including phenoxy) is 1. The first kappa shape index (κ1) is 18.5. The Bertz CT molecular complexity index is 1230. The summed E-state index contributed by atoms with van der Waals surface area (Å²) in [5, 5.41) is 3.61. The largest absolute Gasteiger partial charge is 0.483 e. The molecule has 0 spiro atoms. The van der Waals surface area contributed by atoms with E-state index in [0.29, 0.717) is 17.0 Å². The number of aryl methyl sites for hydroxylation is 1. The smallest absolute Gasteiger partial charge is 0.336 e. The first-order valence-electron chi connectivity index (χ1n) is 9.22. The number of carbonyl (C=O) groups is 1. The van der Waals surface area contributed by atoms with Gasteiger partial charge in [-0.15, -0.1) is 0 Å². The highest BCUT2D eigenvalue weighted by Gasteiger charge is 2.10. The molecular formula is C24H19NO4. The third-order valence-corrected chi connectivity index (χ3v) is 4.57. The van der Waals surface area contributed by atoms with E-state index in [-0.39, 0.29) is 12.5 Å². The van der Waals surface area contributed by atoms with Gasteiger partial charge in [-0.3, -0.25) is 4.79 Å². The van der Waals surface area contributed by atoms with Gasteiger partial charge >= 0.3 is 5.63 Å². The van der Waals surface area contributed by atoms with Crippen LogP contribution in [0.3, 0.4) is 0 Å². The van der Waals surface area contributed by atoms with Gasteiger partial charge in [0, 0.05) is 28.8 Å². The van der Waals surface area contributed by atoms with Gasteiger partial charge in [0.05, 0.1) is 0 Å². The van der Waals surface area contributed by atoms with Crippen molar-refractivity contribution in [1.29, 1.82) is 0 Å². The quantitative estimate of drug-likeness (QED) is 0.502. The highest BCUT2D eigenvalue weighted by atomic mass is 16.5. The van der Waals surface area contributed by atoms with Crippen LogP contribution in [0.4, 0.5) is 5.69 Å². The van der Waals surface area contributed by atoms with E-state index in [1.165, 1.54) is 6.07 Å². The molecule has 0 atom stereocenters. The summed E-state index contributed by atoms with van der Waals surface area (Å²) in [7, 11) is 0. The zero-order chi connectivity index (χ0) is 20.2. The molecule has 4 rings (SSSR count). The molecule has 1 amide bonds. The molecule has 0 saturated carbocycles. The fourth-order valence-corrected chi connectivity index (χ4v) is 3.19. The molecule has 5 nitrogen and oxygen atoms in total. The normalized spacial score (nSPS) is 10.7. The number of carbonyl (C=O) groups excluding carboxylic acids is 1. The van der Waals surface area contributed by atoms with Crippen molar-refractivity contribution in [2.24, 2.45) is 0 Å². The maximum absolute atomic E-state index is 12.4. The first-order valence-corrected chi connectivity index (χ1v) is 9.22. The SMILES string of the molecule is Cc1cc(=O)oc2cc(NC(=O)COc3ccccc3-c3ccccc3)ccc12. The minimum atomic E-state index is -0.417. The molecule has 1 N–H and O–H groups in total. The Morgan fingerprint density at radius 2 is 1.72 bits per heavy atom. The number of anilines is 1. The van der Waals surface area contributed by atoms with Gasteiger partial charge in [-0.2, -0.15) is 0 Å². The van der Waals surface area contributed by atoms with Gasteiger partial charge in [-0.1, -0.05) is 48.5 Å². The predicted molar refractivity (Wildman–Crippen MR) is 113 cm³/mol. The standard InChI is InChI=1S/C24H19NO4/c1-16-13-24(27)29-22-14-18(11-12-19(16)22)25-23(26)15-28-21-10-6-5-9-20(21)17-7-3-2-4-8-17/h2-14H,15H2,1H3,(H,25,26). The number of rotatable bonds is 5. The zero-order valence-electron chi connectivity index (χ0n) is 15.8. The number of benzene rings is 3. The van der Waals surface area contributed by atoms with Crippen LogP contribution in [-0.4, -0.2) is 12.5 Å². The molecule has 0 aliphatic rings. The Morgan fingerprint density at radius 1 is 0.966 bits per heavy atom. The number of hydrogen-bond acceptors (Lipinski definition) is 4. The van der Waals surface area contributed by atoms with Crippen LogP contribution in [0.2, 0.25) is 0 Å². The van der Waals surface area contributed by atoms with Crippen molar-refractivity contribution in [2.45, 2.75) is 6.92 Å². The molecule has 0 radical (unpaired) electrons. The number of nitrogens with one attached hydrogen (secondary N) is 1. The molecule has 0 fully saturated rings. The molecule has 0 aliphatic heterocycles. The minimum Gasteiger partial charge on any atom is -0.483 e. The molecule has 144 valence electrons. The van der Waals surface area contributed by atoms with E-state index in [2.05, 4.69) is 5.32 Å². The monoisotopic (exact) mass is 385 g/mol. The summed E-state index contributed by atoms with van der Waals surface area (Å²) in [5.74, 6) is 0.330. The van der Waals surface area contributed by atoms with Crippen molar-refractivity contribution in [1.82, 2.24) is 0 Å². The lowest BCUT2D eigenvalue weighted by Crippen LogP contribution is -2.20. The summed E-state index contributed by atoms with van der Waals surface area (Å²) < 4.78 is 11.0. The molecule has 29 heavy (non-hydrogen) atoms. The van der Waals surface area contributed by atoms with Crippen LogP contribution in [0.15, 0.2) is 88.1 Å². The van der Waals surface area contributed by atoms with E-state index in [1.54, 1.807) is 12.1 Å². The summed E-state index contributed by atoms with van der Waals surface area (Å²) >= 11 is 0. The summed E-state index contributed by atoms with van der Waals surface area (Å²) in [6.07, 6.45) is 0.